The molecular formula is C25H23N3O3. The number of benzene rings is 2. The summed E-state index contributed by atoms with van der Waals surface area (Å²) >= 11 is 0. The Morgan fingerprint density at radius 3 is 2.81 bits per heavy atom. The van der Waals surface area contributed by atoms with Crippen LogP contribution in [0.3, 0.4) is 0 Å². The summed E-state index contributed by atoms with van der Waals surface area (Å²) in [6.07, 6.45) is 8.43. The van der Waals surface area contributed by atoms with Gasteiger partial charge in [0.05, 0.1) is 18.9 Å². The standard InChI is InChI=1S/C25H23N3O3/c1-3-28-16-21(15-27-28)22(29)11-9-18-10-12-23(30-2)20(14-18)17-31-24-8-4-6-19-7-5-13-26-25(19)24/h4-16H,3,17H2,1-2H3/b11-9+. The van der Waals surface area contributed by atoms with Crippen molar-refractivity contribution >= 4 is 22.8 Å². The molecule has 0 N–H and O–H groups in total. The topological polar surface area (TPSA) is 66.2 Å². The molecule has 0 amide bonds. The smallest absolute Gasteiger partial charge is 0.189 e. The third kappa shape index (κ3) is 4.64. The van der Waals surface area contributed by atoms with E-state index in [0.717, 1.165) is 34.3 Å². The van der Waals surface area contributed by atoms with Crippen LogP contribution in [-0.2, 0) is 13.2 Å². The second-order valence-electron chi connectivity index (χ2n) is 6.97. The molecule has 2 aromatic carbocycles. The van der Waals surface area contributed by atoms with Crippen molar-refractivity contribution in [3.63, 3.8) is 0 Å². The van der Waals surface area contributed by atoms with Crippen molar-refractivity contribution < 1.29 is 14.3 Å². The molecule has 0 radical (unpaired) electrons. The zero-order valence-corrected chi connectivity index (χ0v) is 17.5. The normalized spacial score (nSPS) is 11.2. The number of nitrogens with zero attached hydrogens (tertiary/aromatic N) is 3. The summed E-state index contributed by atoms with van der Waals surface area (Å²) in [5.74, 6) is 1.35. The van der Waals surface area contributed by atoms with Gasteiger partial charge in [0.2, 0.25) is 0 Å². The van der Waals surface area contributed by atoms with Gasteiger partial charge in [-0.3, -0.25) is 14.5 Å². The lowest BCUT2D eigenvalue weighted by atomic mass is 10.1. The van der Waals surface area contributed by atoms with Crippen LogP contribution in [0.1, 0.15) is 28.4 Å². The Balaban J connectivity index is 1.52. The number of fused-ring (bicyclic) bond motifs is 1. The molecule has 2 aromatic heterocycles. The van der Waals surface area contributed by atoms with Gasteiger partial charge in [0.15, 0.2) is 5.78 Å². The van der Waals surface area contributed by atoms with Gasteiger partial charge in [-0.15, -0.1) is 0 Å². The van der Waals surface area contributed by atoms with Crippen LogP contribution in [0, 0.1) is 0 Å². The van der Waals surface area contributed by atoms with Crippen LogP contribution in [0.25, 0.3) is 17.0 Å². The highest BCUT2D eigenvalue weighted by atomic mass is 16.5. The molecule has 0 aliphatic heterocycles. The maximum Gasteiger partial charge on any atom is 0.189 e. The molecule has 6 heteroatoms. The van der Waals surface area contributed by atoms with Crippen LogP contribution in [0.15, 0.2) is 73.2 Å². The number of hydrogen-bond acceptors (Lipinski definition) is 5. The predicted molar refractivity (Wildman–Crippen MR) is 120 cm³/mol. The number of carbonyl (C=O) groups is 1. The van der Waals surface area contributed by atoms with Gasteiger partial charge in [-0.25, -0.2) is 0 Å². The van der Waals surface area contributed by atoms with Gasteiger partial charge in [0, 0.05) is 29.9 Å². The van der Waals surface area contributed by atoms with Crippen LogP contribution in [-0.4, -0.2) is 27.7 Å². The molecule has 0 spiro atoms. The molecule has 0 bridgehead atoms. The lowest BCUT2D eigenvalue weighted by Gasteiger charge is -2.12. The van der Waals surface area contributed by atoms with Gasteiger partial charge in [0.1, 0.15) is 23.6 Å². The summed E-state index contributed by atoms with van der Waals surface area (Å²) in [7, 11) is 1.63. The lowest BCUT2D eigenvalue weighted by Crippen LogP contribution is -2.00. The number of carbonyl (C=O) groups excluding carboxylic acids is 1. The summed E-state index contributed by atoms with van der Waals surface area (Å²) in [6, 6.07) is 15.5. The van der Waals surface area contributed by atoms with Crippen LogP contribution in [0.2, 0.25) is 0 Å². The number of ether oxygens (including phenoxy) is 2. The number of para-hydroxylation sites is 1. The van der Waals surface area contributed by atoms with Crippen molar-refractivity contribution in [2.45, 2.75) is 20.1 Å². The summed E-state index contributed by atoms with van der Waals surface area (Å²) in [5.41, 5.74) is 3.15. The number of hydrogen-bond donors (Lipinski definition) is 0. The molecular weight excluding hydrogens is 390 g/mol. The van der Waals surface area contributed by atoms with Crippen LogP contribution in [0.4, 0.5) is 0 Å². The van der Waals surface area contributed by atoms with Crippen molar-refractivity contribution in [2.75, 3.05) is 7.11 Å². The van der Waals surface area contributed by atoms with Crippen molar-refractivity contribution in [3.05, 3.63) is 89.9 Å². The maximum atomic E-state index is 12.4. The van der Waals surface area contributed by atoms with Gasteiger partial charge in [-0.2, -0.15) is 5.10 Å². The summed E-state index contributed by atoms with van der Waals surface area (Å²) in [4.78, 5) is 16.8. The molecule has 156 valence electrons. The SMILES string of the molecule is CCn1cc(C(=O)/C=C/c2ccc(OC)c(COc3cccc4cccnc34)c2)cn1. The van der Waals surface area contributed by atoms with Crippen LogP contribution < -0.4 is 9.47 Å². The third-order valence-corrected chi connectivity index (χ3v) is 4.95. The number of aromatic nitrogens is 3. The molecule has 0 aliphatic carbocycles. The first-order valence-electron chi connectivity index (χ1n) is 10.1. The highest BCUT2D eigenvalue weighted by Gasteiger charge is 2.09. The van der Waals surface area contributed by atoms with Crippen LogP contribution >= 0.6 is 0 Å². The minimum absolute atomic E-state index is 0.0878. The highest BCUT2D eigenvalue weighted by molar-refractivity contribution is 6.06. The second-order valence-corrected chi connectivity index (χ2v) is 6.97. The minimum Gasteiger partial charge on any atom is -0.496 e. The van der Waals surface area contributed by atoms with Gasteiger partial charge in [-0.1, -0.05) is 30.3 Å². The number of ketones is 1. The molecule has 0 unspecified atom stereocenters. The largest absolute Gasteiger partial charge is 0.496 e. The van der Waals surface area contributed by atoms with E-state index in [1.165, 1.54) is 0 Å². The Hall–Kier alpha value is -3.93. The van der Waals surface area contributed by atoms with Crippen molar-refractivity contribution in [3.8, 4) is 11.5 Å². The number of methoxy groups -OCH3 is 1. The molecule has 0 atom stereocenters. The number of aryl methyl sites for hydroxylation is 1. The Bertz CT molecular complexity index is 1240. The van der Waals surface area contributed by atoms with Gasteiger partial charge < -0.3 is 9.47 Å². The Kier molecular flexibility index (Phi) is 6.08. The minimum atomic E-state index is -0.0878. The van der Waals surface area contributed by atoms with E-state index in [1.54, 1.807) is 42.5 Å². The highest BCUT2D eigenvalue weighted by Crippen LogP contribution is 2.27. The van der Waals surface area contributed by atoms with E-state index in [1.807, 2.05) is 55.5 Å². The van der Waals surface area contributed by atoms with Gasteiger partial charge in [-0.05, 0) is 42.8 Å². The Labute approximate surface area is 180 Å². The molecule has 31 heavy (non-hydrogen) atoms. The second kappa shape index (κ2) is 9.26. The molecule has 4 aromatic rings. The fourth-order valence-electron chi connectivity index (χ4n) is 3.30. The average molecular weight is 413 g/mol. The fraction of sp³-hybridized carbons (Fsp3) is 0.160. The van der Waals surface area contributed by atoms with Crippen LogP contribution in [0.5, 0.6) is 11.5 Å². The first kappa shape index (κ1) is 20.3. The van der Waals surface area contributed by atoms with Crippen molar-refractivity contribution in [1.82, 2.24) is 14.8 Å². The predicted octanol–water partition coefficient (Wildman–Crippen LogP) is 4.93. The fourth-order valence-corrected chi connectivity index (χ4v) is 3.30. The van der Waals surface area contributed by atoms with E-state index in [9.17, 15) is 4.79 Å². The molecule has 2 heterocycles. The average Bonchev–Trinajstić information content (AvgIpc) is 3.31. The number of rotatable bonds is 8. The maximum absolute atomic E-state index is 12.4. The van der Waals surface area contributed by atoms with Gasteiger partial charge in [0.25, 0.3) is 0 Å². The van der Waals surface area contributed by atoms with E-state index >= 15 is 0 Å². The monoisotopic (exact) mass is 413 g/mol. The first-order chi connectivity index (χ1) is 15.2. The van der Waals surface area contributed by atoms with E-state index in [2.05, 4.69) is 10.1 Å². The Morgan fingerprint density at radius 1 is 1.13 bits per heavy atom. The number of pyridine rings is 1. The molecule has 0 saturated carbocycles. The van der Waals surface area contributed by atoms with Crippen molar-refractivity contribution in [1.29, 1.82) is 0 Å². The molecule has 0 saturated heterocycles. The molecule has 6 nitrogen and oxygen atoms in total. The lowest BCUT2D eigenvalue weighted by molar-refractivity contribution is 0.104. The third-order valence-electron chi connectivity index (χ3n) is 4.95. The van der Waals surface area contributed by atoms with E-state index < -0.39 is 0 Å². The summed E-state index contributed by atoms with van der Waals surface area (Å²) in [6.45, 7) is 3.02. The zero-order chi connectivity index (χ0) is 21.6. The molecule has 0 fully saturated rings. The first-order valence-corrected chi connectivity index (χ1v) is 10.1. The molecule has 0 aliphatic rings. The van der Waals surface area contributed by atoms with E-state index in [0.29, 0.717) is 17.9 Å². The summed E-state index contributed by atoms with van der Waals surface area (Å²) in [5, 5.41) is 5.17. The summed E-state index contributed by atoms with van der Waals surface area (Å²) < 4.78 is 13.3. The van der Waals surface area contributed by atoms with E-state index in [4.69, 9.17) is 9.47 Å². The molecule has 4 rings (SSSR count). The van der Waals surface area contributed by atoms with Crippen molar-refractivity contribution in [2.24, 2.45) is 0 Å². The zero-order valence-electron chi connectivity index (χ0n) is 17.5. The van der Waals surface area contributed by atoms with E-state index in [-0.39, 0.29) is 5.78 Å². The van der Waals surface area contributed by atoms with Gasteiger partial charge >= 0.3 is 0 Å². The number of allylic oxidation sites excluding steroid dienone is 1. The quantitative estimate of drug-likeness (QED) is 0.303. The Morgan fingerprint density at radius 2 is 2.00 bits per heavy atom.